The first-order chi connectivity index (χ1) is 7.98. The van der Waals surface area contributed by atoms with Crippen LogP contribution in [0.4, 0.5) is 0 Å². The van der Waals surface area contributed by atoms with Crippen LogP contribution in [0.5, 0.6) is 5.75 Å². The summed E-state index contributed by atoms with van der Waals surface area (Å²) in [6.07, 6.45) is 0. The molecular formula is C12H10O4S. The van der Waals surface area contributed by atoms with Crippen molar-refractivity contribution in [1.29, 1.82) is 0 Å². The number of aromatic hydroxyl groups is 1. The van der Waals surface area contributed by atoms with Gasteiger partial charge >= 0.3 is 0 Å². The maximum Gasteiger partial charge on any atom is 0.294 e. The lowest BCUT2D eigenvalue weighted by Gasteiger charge is -2.04. The maximum absolute atomic E-state index is 10.9. The topological polar surface area (TPSA) is 74.6 Å². The molecular weight excluding hydrogens is 240 g/mol. The molecule has 2 rings (SSSR count). The number of phenolic OH excluding ortho intramolecular Hbond substituents is 1. The second-order valence-electron chi connectivity index (χ2n) is 3.52. The molecule has 2 aromatic rings. The molecule has 5 heteroatoms. The van der Waals surface area contributed by atoms with Crippen molar-refractivity contribution in [2.75, 3.05) is 0 Å². The lowest BCUT2D eigenvalue weighted by molar-refractivity contribution is 0.477. The van der Waals surface area contributed by atoms with Crippen molar-refractivity contribution in [3.63, 3.8) is 0 Å². The molecule has 0 saturated carbocycles. The molecule has 0 heterocycles. The Balaban J connectivity index is 2.47. The van der Waals surface area contributed by atoms with Crippen LogP contribution in [-0.2, 0) is 10.1 Å². The fourth-order valence-electron chi connectivity index (χ4n) is 1.52. The zero-order valence-electron chi connectivity index (χ0n) is 8.74. The summed E-state index contributed by atoms with van der Waals surface area (Å²) in [4.78, 5) is -0.170. The van der Waals surface area contributed by atoms with Gasteiger partial charge in [0, 0.05) is 5.56 Å². The summed E-state index contributed by atoms with van der Waals surface area (Å²) in [5, 5.41) is 9.63. The summed E-state index contributed by atoms with van der Waals surface area (Å²) >= 11 is 0. The van der Waals surface area contributed by atoms with Gasteiger partial charge in [0.25, 0.3) is 10.1 Å². The van der Waals surface area contributed by atoms with E-state index in [4.69, 9.17) is 4.55 Å². The van der Waals surface area contributed by atoms with Gasteiger partial charge in [-0.2, -0.15) is 8.42 Å². The second kappa shape index (κ2) is 4.20. The van der Waals surface area contributed by atoms with Gasteiger partial charge in [-0.05, 0) is 23.8 Å². The van der Waals surface area contributed by atoms with E-state index in [1.165, 1.54) is 24.3 Å². The number of hydrogen-bond donors (Lipinski definition) is 2. The highest BCUT2D eigenvalue weighted by atomic mass is 32.2. The number of hydrogen-bond acceptors (Lipinski definition) is 3. The summed E-state index contributed by atoms with van der Waals surface area (Å²) in [7, 11) is -4.17. The Labute approximate surface area is 98.9 Å². The van der Waals surface area contributed by atoms with Crippen LogP contribution < -0.4 is 0 Å². The molecule has 17 heavy (non-hydrogen) atoms. The van der Waals surface area contributed by atoms with E-state index in [9.17, 15) is 13.5 Å². The zero-order chi connectivity index (χ0) is 12.5. The van der Waals surface area contributed by atoms with Crippen molar-refractivity contribution in [3.8, 4) is 16.9 Å². The molecule has 0 aliphatic rings. The SMILES string of the molecule is O=S(=O)(O)c1ccc(-c2ccccc2O)cc1. The minimum absolute atomic E-state index is 0.118. The average molecular weight is 250 g/mol. The second-order valence-corrected chi connectivity index (χ2v) is 4.94. The molecule has 0 aliphatic carbocycles. The van der Waals surface area contributed by atoms with E-state index in [2.05, 4.69) is 0 Å². The number of para-hydroxylation sites is 1. The third-order valence-electron chi connectivity index (χ3n) is 2.37. The molecule has 2 aromatic carbocycles. The van der Waals surface area contributed by atoms with Crippen molar-refractivity contribution in [1.82, 2.24) is 0 Å². The largest absolute Gasteiger partial charge is 0.507 e. The van der Waals surface area contributed by atoms with Crippen LogP contribution in [0.3, 0.4) is 0 Å². The van der Waals surface area contributed by atoms with Crippen molar-refractivity contribution in [2.45, 2.75) is 4.90 Å². The lowest BCUT2D eigenvalue weighted by Crippen LogP contribution is -1.97. The maximum atomic E-state index is 10.9. The monoisotopic (exact) mass is 250 g/mol. The van der Waals surface area contributed by atoms with E-state index in [1.807, 2.05) is 0 Å². The van der Waals surface area contributed by atoms with Gasteiger partial charge in [-0.15, -0.1) is 0 Å². The molecule has 0 bridgehead atoms. The molecule has 0 unspecified atom stereocenters. The predicted octanol–water partition coefficient (Wildman–Crippen LogP) is 2.31. The van der Waals surface area contributed by atoms with Crippen LogP contribution in [0.25, 0.3) is 11.1 Å². The van der Waals surface area contributed by atoms with Gasteiger partial charge in [0.1, 0.15) is 5.75 Å². The summed E-state index contributed by atoms with van der Waals surface area (Å²) < 4.78 is 30.5. The van der Waals surface area contributed by atoms with Crippen molar-refractivity contribution < 1.29 is 18.1 Å². The molecule has 0 aliphatic heterocycles. The van der Waals surface area contributed by atoms with Gasteiger partial charge in [0.15, 0.2) is 0 Å². The summed E-state index contributed by atoms with van der Waals surface area (Å²) in [6, 6.07) is 12.4. The number of benzene rings is 2. The quantitative estimate of drug-likeness (QED) is 0.802. The molecule has 0 amide bonds. The van der Waals surface area contributed by atoms with Crippen molar-refractivity contribution in [2.24, 2.45) is 0 Å². The summed E-state index contributed by atoms with van der Waals surface area (Å²) in [5.74, 6) is 0.118. The van der Waals surface area contributed by atoms with Crippen LogP contribution in [0, 0.1) is 0 Å². The number of rotatable bonds is 2. The zero-order valence-corrected chi connectivity index (χ0v) is 9.55. The van der Waals surface area contributed by atoms with E-state index >= 15 is 0 Å². The highest BCUT2D eigenvalue weighted by molar-refractivity contribution is 7.85. The fraction of sp³-hybridized carbons (Fsp3) is 0. The minimum atomic E-state index is -4.17. The van der Waals surface area contributed by atoms with Crippen molar-refractivity contribution in [3.05, 3.63) is 48.5 Å². The Bertz CT molecular complexity index is 630. The molecule has 0 atom stereocenters. The van der Waals surface area contributed by atoms with Gasteiger partial charge in [-0.25, -0.2) is 0 Å². The first-order valence-corrected chi connectivity index (χ1v) is 6.28. The van der Waals surface area contributed by atoms with Gasteiger partial charge in [-0.1, -0.05) is 30.3 Å². The predicted molar refractivity (Wildman–Crippen MR) is 63.4 cm³/mol. The highest BCUT2D eigenvalue weighted by Crippen LogP contribution is 2.29. The highest BCUT2D eigenvalue weighted by Gasteiger charge is 2.09. The molecule has 4 nitrogen and oxygen atoms in total. The van der Waals surface area contributed by atoms with Crippen LogP contribution in [0.15, 0.2) is 53.4 Å². The third-order valence-corrected chi connectivity index (χ3v) is 3.24. The molecule has 0 radical (unpaired) electrons. The molecule has 0 saturated heterocycles. The van der Waals surface area contributed by atoms with Gasteiger partial charge in [0.2, 0.25) is 0 Å². The van der Waals surface area contributed by atoms with Crippen LogP contribution in [0.1, 0.15) is 0 Å². The molecule has 0 aromatic heterocycles. The Kier molecular flexibility index (Phi) is 2.87. The van der Waals surface area contributed by atoms with Gasteiger partial charge in [-0.3, -0.25) is 4.55 Å². The average Bonchev–Trinajstić information content (AvgIpc) is 2.29. The smallest absolute Gasteiger partial charge is 0.294 e. The summed E-state index contributed by atoms with van der Waals surface area (Å²) in [5.41, 5.74) is 1.28. The molecule has 88 valence electrons. The van der Waals surface area contributed by atoms with E-state index in [0.29, 0.717) is 11.1 Å². The first-order valence-electron chi connectivity index (χ1n) is 4.84. The Hall–Kier alpha value is -1.85. The van der Waals surface area contributed by atoms with Crippen molar-refractivity contribution >= 4 is 10.1 Å². The Morgan fingerprint density at radius 2 is 1.47 bits per heavy atom. The van der Waals surface area contributed by atoms with E-state index in [-0.39, 0.29) is 10.6 Å². The van der Waals surface area contributed by atoms with Crippen LogP contribution in [0.2, 0.25) is 0 Å². The first kappa shape index (κ1) is 11.6. The van der Waals surface area contributed by atoms with Gasteiger partial charge in [0.05, 0.1) is 4.90 Å². The van der Waals surface area contributed by atoms with E-state index in [1.54, 1.807) is 24.3 Å². The van der Waals surface area contributed by atoms with Crippen LogP contribution in [-0.4, -0.2) is 18.1 Å². The molecule has 2 N–H and O–H groups in total. The van der Waals surface area contributed by atoms with Crippen LogP contribution >= 0.6 is 0 Å². The standard InChI is InChI=1S/C12H10O4S/c13-12-4-2-1-3-11(12)9-5-7-10(8-6-9)17(14,15)16/h1-8,13H,(H,14,15,16). The fourth-order valence-corrected chi connectivity index (χ4v) is 2.00. The van der Waals surface area contributed by atoms with Gasteiger partial charge < -0.3 is 5.11 Å². The van der Waals surface area contributed by atoms with E-state index in [0.717, 1.165) is 0 Å². The normalized spacial score (nSPS) is 11.4. The minimum Gasteiger partial charge on any atom is -0.507 e. The Morgan fingerprint density at radius 3 is 2.00 bits per heavy atom. The van der Waals surface area contributed by atoms with E-state index < -0.39 is 10.1 Å². The lowest BCUT2D eigenvalue weighted by atomic mass is 10.1. The Morgan fingerprint density at radius 1 is 0.882 bits per heavy atom. The molecule has 0 spiro atoms. The molecule has 0 fully saturated rings. The third kappa shape index (κ3) is 2.46. The number of phenols is 1. The summed E-state index contributed by atoms with van der Waals surface area (Å²) in [6.45, 7) is 0.